The summed E-state index contributed by atoms with van der Waals surface area (Å²) in [5.74, 6) is -5.24. The molecule has 0 saturated carbocycles. The van der Waals surface area contributed by atoms with Crippen molar-refractivity contribution in [2.75, 3.05) is 5.73 Å². The fourth-order valence-electron chi connectivity index (χ4n) is 2.15. The van der Waals surface area contributed by atoms with Crippen molar-refractivity contribution in [2.45, 2.75) is 31.5 Å². The molecule has 17 heteroatoms. The summed E-state index contributed by atoms with van der Waals surface area (Å²) in [6.07, 6.45) is 0. The van der Waals surface area contributed by atoms with Gasteiger partial charge in [0.1, 0.15) is 11.7 Å². The van der Waals surface area contributed by atoms with Crippen LogP contribution in [0.25, 0.3) is 0 Å². The van der Waals surface area contributed by atoms with Gasteiger partial charge in [0, 0.05) is 5.38 Å². The summed E-state index contributed by atoms with van der Waals surface area (Å²) in [7, 11) is -5.10. The van der Waals surface area contributed by atoms with Crippen molar-refractivity contribution in [3.05, 3.63) is 11.1 Å². The summed E-state index contributed by atoms with van der Waals surface area (Å²) >= 11 is 0.910. The molecular formula is C13H16N6O9S2. The number of hydrogen-bond acceptors (Lipinski definition) is 11. The number of carboxylic acid groups (broad SMARTS) is 1. The maximum atomic E-state index is 12.6. The predicted octanol–water partition coefficient (Wildman–Crippen LogP) is -2.71. The number of oxime groups is 1. The largest absolute Gasteiger partial charge is 0.478 e. The number of carboxylic acids is 1. The minimum atomic E-state index is -5.10. The third-order valence-corrected chi connectivity index (χ3v) is 5.32. The number of carbonyl (C=O) groups is 4. The summed E-state index contributed by atoms with van der Waals surface area (Å²) in [5.41, 5.74) is 7.94. The number of aromatic nitrogens is 1. The van der Waals surface area contributed by atoms with Gasteiger partial charge in [-0.2, -0.15) is 12.7 Å². The van der Waals surface area contributed by atoms with E-state index < -0.39 is 57.4 Å². The molecule has 0 spiro atoms. The highest BCUT2D eigenvalue weighted by Gasteiger charge is 2.57. The zero-order chi connectivity index (χ0) is 23.0. The number of thiazole rings is 1. The summed E-state index contributed by atoms with van der Waals surface area (Å²) in [4.78, 5) is 56.0. The molecule has 164 valence electrons. The number of primary amides is 1. The molecule has 0 aliphatic carbocycles. The van der Waals surface area contributed by atoms with E-state index in [-0.39, 0.29) is 15.1 Å². The highest BCUT2D eigenvalue weighted by molar-refractivity contribution is 7.84. The van der Waals surface area contributed by atoms with Crippen molar-refractivity contribution < 1.29 is 42.1 Å². The van der Waals surface area contributed by atoms with Gasteiger partial charge in [0.05, 0.1) is 0 Å². The van der Waals surface area contributed by atoms with Crippen LogP contribution in [0.15, 0.2) is 10.5 Å². The third kappa shape index (κ3) is 4.47. The Hall–Kier alpha value is -3.31. The smallest absolute Gasteiger partial charge is 0.363 e. The van der Waals surface area contributed by atoms with Crippen LogP contribution in [0.4, 0.5) is 5.13 Å². The Balaban J connectivity index is 2.34. The van der Waals surface area contributed by atoms with Gasteiger partial charge >= 0.3 is 16.3 Å². The molecule has 15 nitrogen and oxygen atoms in total. The van der Waals surface area contributed by atoms with Gasteiger partial charge in [-0.15, -0.1) is 11.3 Å². The summed E-state index contributed by atoms with van der Waals surface area (Å²) in [6.45, 7) is 2.29. The van der Waals surface area contributed by atoms with Crippen molar-refractivity contribution in [3.8, 4) is 0 Å². The molecule has 0 unspecified atom stereocenters. The van der Waals surface area contributed by atoms with Gasteiger partial charge in [-0.25, -0.2) is 9.78 Å². The first-order chi connectivity index (χ1) is 13.7. The molecule has 1 aliphatic rings. The molecule has 1 fully saturated rings. The quantitative estimate of drug-likeness (QED) is 0.114. The zero-order valence-corrected chi connectivity index (χ0v) is 16.9. The summed E-state index contributed by atoms with van der Waals surface area (Å²) < 4.78 is 31.3. The normalized spacial score (nSPS) is 19.8. The van der Waals surface area contributed by atoms with Crippen molar-refractivity contribution in [2.24, 2.45) is 10.9 Å². The first kappa shape index (κ1) is 23.0. The lowest BCUT2D eigenvalue weighted by Gasteiger charge is -2.41. The number of aliphatic carboxylic acids is 1. The molecule has 2 atom stereocenters. The highest BCUT2D eigenvalue weighted by atomic mass is 32.2. The van der Waals surface area contributed by atoms with Crippen LogP contribution in [0, 0.1) is 0 Å². The molecule has 1 aliphatic heterocycles. The predicted molar refractivity (Wildman–Crippen MR) is 99.2 cm³/mol. The maximum absolute atomic E-state index is 12.6. The van der Waals surface area contributed by atoms with Gasteiger partial charge in [-0.1, -0.05) is 5.16 Å². The molecule has 30 heavy (non-hydrogen) atoms. The second kappa shape index (κ2) is 7.84. The average molecular weight is 464 g/mol. The molecule has 3 amide bonds. The molecule has 7 N–H and O–H groups in total. The fraction of sp³-hybridized carbons (Fsp3) is 0.385. The van der Waals surface area contributed by atoms with Crippen LogP contribution in [0.3, 0.4) is 0 Å². The second-order valence-electron chi connectivity index (χ2n) is 6.33. The van der Waals surface area contributed by atoms with Crippen LogP contribution in [0.2, 0.25) is 0 Å². The van der Waals surface area contributed by atoms with Crippen molar-refractivity contribution in [3.63, 3.8) is 0 Å². The van der Waals surface area contributed by atoms with Crippen LogP contribution < -0.4 is 16.8 Å². The van der Waals surface area contributed by atoms with Crippen LogP contribution >= 0.6 is 11.3 Å². The third-order valence-electron chi connectivity index (χ3n) is 3.74. The lowest BCUT2D eigenvalue weighted by Crippen LogP contribution is -2.75. The van der Waals surface area contributed by atoms with E-state index >= 15 is 0 Å². The van der Waals surface area contributed by atoms with Crippen LogP contribution in [-0.2, 0) is 34.3 Å². The Morgan fingerprint density at radius 3 is 2.43 bits per heavy atom. The van der Waals surface area contributed by atoms with E-state index in [4.69, 9.17) is 26.0 Å². The number of amides is 3. The van der Waals surface area contributed by atoms with E-state index in [0.29, 0.717) is 0 Å². The van der Waals surface area contributed by atoms with E-state index in [2.05, 4.69) is 10.1 Å². The summed E-state index contributed by atoms with van der Waals surface area (Å²) in [5, 5.41) is 15.9. The minimum Gasteiger partial charge on any atom is -0.478 e. The van der Waals surface area contributed by atoms with Gasteiger partial charge in [0.25, 0.3) is 11.8 Å². The number of nitrogens with zero attached hydrogens (tertiary/aromatic N) is 3. The maximum Gasteiger partial charge on any atom is 0.363 e. The van der Waals surface area contributed by atoms with Gasteiger partial charge < -0.3 is 26.7 Å². The van der Waals surface area contributed by atoms with Gasteiger partial charge in [-0.3, -0.25) is 18.9 Å². The number of nitrogen functional groups attached to an aromatic ring is 1. The molecule has 0 aromatic carbocycles. The first-order valence-electron chi connectivity index (χ1n) is 7.78. The second-order valence-corrected chi connectivity index (χ2v) is 8.51. The molecule has 2 rings (SSSR count). The monoisotopic (exact) mass is 464 g/mol. The van der Waals surface area contributed by atoms with Crippen molar-refractivity contribution >= 4 is 56.2 Å². The van der Waals surface area contributed by atoms with Gasteiger partial charge in [0.2, 0.25) is 11.5 Å². The molecular weight excluding hydrogens is 448 g/mol. The number of anilines is 1. The van der Waals surface area contributed by atoms with E-state index in [1.807, 2.05) is 5.32 Å². The Morgan fingerprint density at radius 2 is 2.00 bits per heavy atom. The number of carbonyl (C=O) groups excluding carboxylic acids is 3. The van der Waals surface area contributed by atoms with Gasteiger partial charge in [-0.05, 0) is 13.8 Å². The lowest BCUT2D eigenvalue weighted by atomic mass is 9.98. The topological polar surface area (TPSA) is 245 Å². The Morgan fingerprint density at radius 1 is 1.40 bits per heavy atom. The van der Waals surface area contributed by atoms with E-state index in [0.717, 1.165) is 25.2 Å². The molecule has 2 heterocycles. The van der Waals surface area contributed by atoms with E-state index in [9.17, 15) is 27.6 Å². The average Bonchev–Trinajstić information content (AvgIpc) is 3.01. The molecule has 0 radical (unpaired) electrons. The molecule has 1 aromatic heterocycles. The number of nitrogens with two attached hydrogens (primary N) is 2. The Kier molecular flexibility index (Phi) is 6.00. The molecule has 1 aromatic rings. The van der Waals surface area contributed by atoms with E-state index in [1.54, 1.807) is 0 Å². The van der Waals surface area contributed by atoms with Crippen LogP contribution in [0.1, 0.15) is 19.5 Å². The van der Waals surface area contributed by atoms with Gasteiger partial charge in [0.15, 0.2) is 16.9 Å². The number of hydrogen-bond donors (Lipinski definition) is 5. The Labute approximate surface area is 172 Å². The standard InChI is InChI=1S/C13H16N6O9S2/c1-13(2,11(23)24)28-18-5(4-3-29-12(15)16-4)9(21)17-6-7(8(14)20)19(10(6)22)30(25,26)27/h3,6-7H,1-2H3,(H2,14,20)(H2,15,16)(H,17,21)(H,23,24)(H,25,26,27)/b18-5+/t6-,7-/m1/s1. The highest BCUT2D eigenvalue weighted by Crippen LogP contribution is 2.24. The fourth-order valence-corrected chi connectivity index (χ4v) is 3.55. The van der Waals surface area contributed by atoms with Crippen LogP contribution in [0.5, 0.6) is 0 Å². The Bertz CT molecular complexity index is 1050. The minimum absolute atomic E-state index is 0.0234. The van der Waals surface area contributed by atoms with Crippen molar-refractivity contribution in [1.29, 1.82) is 0 Å². The van der Waals surface area contributed by atoms with Crippen LogP contribution in [-0.4, -0.2) is 74.5 Å². The number of rotatable bonds is 8. The summed E-state index contributed by atoms with van der Waals surface area (Å²) in [6, 6.07) is -3.64. The first-order valence-corrected chi connectivity index (χ1v) is 10.1. The lowest BCUT2D eigenvalue weighted by molar-refractivity contribution is -0.161. The number of β-lactam (4-membered cyclic amide) rings is 1. The number of nitrogens with one attached hydrogen (secondary N) is 1. The SMILES string of the molecule is CC(C)(O/N=C(/C(=O)N[C@H]1C(=O)N(S(=O)(=O)O)[C@H]1C(N)=O)c1csc(N)n1)C(=O)O. The molecule has 0 bridgehead atoms. The van der Waals surface area contributed by atoms with E-state index in [1.165, 1.54) is 5.38 Å². The molecule has 1 saturated heterocycles. The van der Waals surface area contributed by atoms with Crippen molar-refractivity contribution in [1.82, 2.24) is 14.6 Å². The zero-order valence-electron chi connectivity index (χ0n) is 15.3.